The summed E-state index contributed by atoms with van der Waals surface area (Å²) in [5, 5.41) is 6.71. The largest absolute Gasteiger partial charge is 0.358 e. The highest BCUT2D eigenvalue weighted by Gasteiger charge is 2.06. The number of sulfone groups is 1. The maximum atomic E-state index is 11.4. The first-order valence-electron chi connectivity index (χ1n) is 6.75. The minimum atomic E-state index is -3.15. The number of benzene rings is 2. The third-order valence-electron chi connectivity index (χ3n) is 3.11. The monoisotopic (exact) mass is 334 g/mol. The fraction of sp³-hybridized carbons (Fsp3) is 0.188. The van der Waals surface area contributed by atoms with E-state index < -0.39 is 9.84 Å². The number of thiocarbonyl (C=S) groups is 1. The second kappa shape index (κ2) is 6.89. The predicted molar refractivity (Wildman–Crippen MR) is 93.8 cm³/mol. The Morgan fingerprint density at radius 2 is 1.64 bits per heavy atom. The summed E-state index contributed by atoms with van der Waals surface area (Å²) in [6, 6.07) is 14.7. The Bertz CT molecular complexity index is 752. The first kappa shape index (κ1) is 16.5. The summed E-state index contributed by atoms with van der Waals surface area (Å²) in [6.07, 6.45) is 1.20. The topological polar surface area (TPSA) is 58.2 Å². The van der Waals surface area contributed by atoms with Crippen molar-refractivity contribution in [3.8, 4) is 0 Å². The molecule has 0 aromatic heterocycles. The molecule has 2 aromatic carbocycles. The molecule has 0 atom stereocenters. The number of anilines is 1. The smallest absolute Gasteiger partial charge is 0.175 e. The zero-order chi connectivity index (χ0) is 16.2. The third kappa shape index (κ3) is 4.82. The standard InChI is InChI=1S/C16H18N2O2S2/c1-12-3-7-14(8-4-12)18-16(21)17-11-13-5-9-15(10-6-13)22(2,19)20/h3-10H,11H2,1-2H3,(H2,17,18,21). The molecular weight excluding hydrogens is 316 g/mol. The molecule has 0 radical (unpaired) electrons. The van der Waals surface area contributed by atoms with Crippen molar-refractivity contribution in [2.45, 2.75) is 18.4 Å². The van der Waals surface area contributed by atoms with Crippen molar-refractivity contribution < 1.29 is 8.42 Å². The molecular formula is C16H18N2O2S2. The van der Waals surface area contributed by atoms with Gasteiger partial charge in [-0.05, 0) is 49.0 Å². The summed E-state index contributed by atoms with van der Waals surface area (Å²) in [4.78, 5) is 0.316. The van der Waals surface area contributed by atoms with Gasteiger partial charge in [0.2, 0.25) is 0 Å². The van der Waals surface area contributed by atoms with Gasteiger partial charge in [-0.25, -0.2) is 8.42 Å². The molecule has 0 bridgehead atoms. The van der Waals surface area contributed by atoms with Gasteiger partial charge < -0.3 is 10.6 Å². The van der Waals surface area contributed by atoms with Crippen LogP contribution in [0.5, 0.6) is 0 Å². The molecule has 0 aliphatic heterocycles. The quantitative estimate of drug-likeness (QED) is 0.842. The van der Waals surface area contributed by atoms with Crippen molar-refractivity contribution in [3.63, 3.8) is 0 Å². The third-order valence-corrected chi connectivity index (χ3v) is 4.49. The average Bonchev–Trinajstić information content (AvgIpc) is 2.47. The number of hydrogen-bond donors (Lipinski definition) is 2. The molecule has 116 valence electrons. The van der Waals surface area contributed by atoms with E-state index >= 15 is 0 Å². The molecule has 2 N–H and O–H groups in total. The van der Waals surface area contributed by atoms with E-state index in [1.807, 2.05) is 31.2 Å². The van der Waals surface area contributed by atoms with Crippen LogP contribution < -0.4 is 10.6 Å². The minimum absolute atomic E-state index is 0.316. The highest BCUT2D eigenvalue weighted by atomic mass is 32.2. The van der Waals surface area contributed by atoms with E-state index in [4.69, 9.17) is 12.2 Å². The molecule has 0 fully saturated rings. The Hall–Kier alpha value is -1.92. The number of nitrogens with one attached hydrogen (secondary N) is 2. The van der Waals surface area contributed by atoms with Crippen LogP contribution in [0, 0.1) is 6.92 Å². The van der Waals surface area contributed by atoms with E-state index in [9.17, 15) is 8.42 Å². The first-order chi connectivity index (χ1) is 10.3. The maximum absolute atomic E-state index is 11.4. The minimum Gasteiger partial charge on any atom is -0.358 e. The van der Waals surface area contributed by atoms with Crippen LogP contribution in [0.2, 0.25) is 0 Å². The Kier molecular flexibility index (Phi) is 5.15. The summed E-state index contributed by atoms with van der Waals surface area (Å²) in [7, 11) is -3.15. The molecule has 0 heterocycles. The van der Waals surface area contributed by atoms with Gasteiger partial charge in [0.15, 0.2) is 14.9 Å². The fourth-order valence-corrected chi connectivity index (χ4v) is 2.67. The van der Waals surface area contributed by atoms with Gasteiger partial charge in [-0.1, -0.05) is 29.8 Å². The Balaban J connectivity index is 1.89. The van der Waals surface area contributed by atoms with Crippen LogP contribution in [-0.4, -0.2) is 19.8 Å². The van der Waals surface area contributed by atoms with Crippen LogP contribution in [0.15, 0.2) is 53.4 Å². The molecule has 0 saturated heterocycles. The highest BCUT2D eigenvalue weighted by Crippen LogP contribution is 2.11. The number of rotatable bonds is 4. The first-order valence-corrected chi connectivity index (χ1v) is 9.05. The number of hydrogen-bond acceptors (Lipinski definition) is 3. The summed E-state index contributed by atoms with van der Waals surface area (Å²) in [5.74, 6) is 0. The Morgan fingerprint density at radius 3 is 2.18 bits per heavy atom. The molecule has 6 heteroatoms. The van der Waals surface area contributed by atoms with E-state index in [1.165, 1.54) is 11.8 Å². The lowest BCUT2D eigenvalue weighted by molar-refractivity contribution is 0.602. The fourth-order valence-electron chi connectivity index (χ4n) is 1.85. The molecule has 2 aromatic rings. The normalized spacial score (nSPS) is 11.0. The van der Waals surface area contributed by atoms with Crippen LogP contribution >= 0.6 is 12.2 Å². The van der Waals surface area contributed by atoms with E-state index in [2.05, 4.69) is 10.6 Å². The summed E-state index contributed by atoms with van der Waals surface area (Å²) in [6.45, 7) is 2.56. The van der Waals surface area contributed by atoms with Gasteiger partial charge in [-0.15, -0.1) is 0 Å². The van der Waals surface area contributed by atoms with Gasteiger partial charge in [0, 0.05) is 18.5 Å². The van der Waals surface area contributed by atoms with Crippen molar-refractivity contribution >= 4 is 32.9 Å². The van der Waals surface area contributed by atoms with E-state index in [0.717, 1.165) is 11.3 Å². The summed E-state index contributed by atoms with van der Waals surface area (Å²) < 4.78 is 22.8. The average molecular weight is 334 g/mol. The predicted octanol–water partition coefficient (Wildman–Crippen LogP) is 2.89. The van der Waals surface area contributed by atoms with Crippen molar-refractivity contribution in [1.82, 2.24) is 5.32 Å². The molecule has 0 spiro atoms. The lowest BCUT2D eigenvalue weighted by Crippen LogP contribution is -2.27. The van der Waals surface area contributed by atoms with Gasteiger partial charge >= 0.3 is 0 Å². The Morgan fingerprint density at radius 1 is 1.05 bits per heavy atom. The lowest BCUT2D eigenvalue weighted by atomic mass is 10.2. The van der Waals surface area contributed by atoms with Crippen LogP contribution in [-0.2, 0) is 16.4 Å². The van der Waals surface area contributed by atoms with Crippen molar-refractivity contribution in [2.24, 2.45) is 0 Å². The van der Waals surface area contributed by atoms with Gasteiger partial charge in [0.25, 0.3) is 0 Å². The van der Waals surface area contributed by atoms with Crippen LogP contribution in [0.1, 0.15) is 11.1 Å². The molecule has 2 rings (SSSR count). The van der Waals surface area contributed by atoms with E-state index in [1.54, 1.807) is 24.3 Å². The van der Waals surface area contributed by atoms with E-state index in [-0.39, 0.29) is 0 Å². The lowest BCUT2D eigenvalue weighted by Gasteiger charge is -2.11. The summed E-state index contributed by atoms with van der Waals surface area (Å²) in [5.41, 5.74) is 3.08. The van der Waals surface area contributed by atoms with Crippen molar-refractivity contribution in [3.05, 3.63) is 59.7 Å². The molecule has 0 aliphatic rings. The SMILES string of the molecule is Cc1ccc(NC(=S)NCc2ccc(S(C)(=O)=O)cc2)cc1. The molecule has 0 aliphatic carbocycles. The van der Waals surface area contributed by atoms with Gasteiger partial charge in [0.1, 0.15) is 0 Å². The highest BCUT2D eigenvalue weighted by molar-refractivity contribution is 7.90. The molecule has 0 amide bonds. The molecule has 22 heavy (non-hydrogen) atoms. The zero-order valence-corrected chi connectivity index (χ0v) is 14.1. The molecule has 0 unspecified atom stereocenters. The zero-order valence-electron chi connectivity index (χ0n) is 12.5. The van der Waals surface area contributed by atoms with Crippen molar-refractivity contribution in [1.29, 1.82) is 0 Å². The van der Waals surface area contributed by atoms with E-state index in [0.29, 0.717) is 16.6 Å². The van der Waals surface area contributed by atoms with Crippen LogP contribution in [0.25, 0.3) is 0 Å². The van der Waals surface area contributed by atoms with Gasteiger partial charge in [-0.3, -0.25) is 0 Å². The van der Waals surface area contributed by atoms with Crippen molar-refractivity contribution in [2.75, 3.05) is 11.6 Å². The second-order valence-corrected chi connectivity index (χ2v) is 7.51. The van der Waals surface area contributed by atoms with Gasteiger partial charge in [-0.2, -0.15) is 0 Å². The maximum Gasteiger partial charge on any atom is 0.175 e. The van der Waals surface area contributed by atoms with Gasteiger partial charge in [0.05, 0.1) is 4.90 Å². The van der Waals surface area contributed by atoms with Crippen LogP contribution in [0.3, 0.4) is 0 Å². The second-order valence-electron chi connectivity index (χ2n) is 5.09. The van der Waals surface area contributed by atoms with Crippen LogP contribution in [0.4, 0.5) is 5.69 Å². The molecule has 4 nitrogen and oxygen atoms in total. The number of aryl methyl sites for hydroxylation is 1. The Labute approximate surface area is 136 Å². The summed E-state index contributed by atoms with van der Waals surface area (Å²) >= 11 is 5.23. The molecule has 0 saturated carbocycles.